The second-order valence-corrected chi connectivity index (χ2v) is 5.55. The number of nitrogens with zero attached hydrogens (tertiary/aromatic N) is 1. The zero-order valence-electron chi connectivity index (χ0n) is 13.1. The summed E-state index contributed by atoms with van der Waals surface area (Å²) in [6.45, 7) is 6.03. The summed E-state index contributed by atoms with van der Waals surface area (Å²) < 4.78 is 0. The Bertz CT molecular complexity index is 536. The minimum atomic E-state index is 0.235. The molecule has 1 unspecified atom stereocenters. The molecule has 0 aromatic heterocycles. The highest BCUT2D eigenvalue weighted by Crippen LogP contribution is 2.27. The monoisotopic (exact) mass is 282 g/mol. The van der Waals surface area contributed by atoms with E-state index in [0.717, 1.165) is 6.54 Å². The molecule has 0 fully saturated rings. The molecular formula is C19H26N2. The van der Waals surface area contributed by atoms with Gasteiger partial charge in [0.15, 0.2) is 0 Å². The molecule has 21 heavy (non-hydrogen) atoms. The smallest absolute Gasteiger partial charge is 0.0664 e. The van der Waals surface area contributed by atoms with Crippen LogP contribution in [0.5, 0.6) is 0 Å². The summed E-state index contributed by atoms with van der Waals surface area (Å²) in [5.41, 5.74) is 9.97. The van der Waals surface area contributed by atoms with Crippen LogP contribution in [0.2, 0.25) is 0 Å². The summed E-state index contributed by atoms with van der Waals surface area (Å²) in [5.74, 6) is 0. The summed E-state index contributed by atoms with van der Waals surface area (Å²) in [5, 5.41) is 0. The molecule has 2 heteroatoms. The fraction of sp³-hybridized carbons (Fsp3) is 0.368. The summed E-state index contributed by atoms with van der Waals surface area (Å²) in [6, 6.07) is 19.5. The summed E-state index contributed by atoms with van der Waals surface area (Å²) in [6.07, 6.45) is 2.37. The molecule has 1 atom stereocenters. The van der Waals surface area contributed by atoms with Crippen LogP contribution in [0.3, 0.4) is 0 Å². The molecule has 0 aliphatic rings. The molecular weight excluding hydrogens is 256 g/mol. The average molecular weight is 282 g/mol. The van der Waals surface area contributed by atoms with Crippen molar-refractivity contribution in [3.05, 3.63) is 65.7 Å². The van der Waals surface area contributed by atoms with Crippen molar-refractivity contribution in [1.82, 2.24) is 0 Å². The first kappa shape index (κ1) is 15.6. The molecule has 2 N–H and O–H groups in total. The molecule has 2 nitrogen and oxygen atoms in total. The molecule has 0 aliphatic heterocycles. The molecule has 0 spiro atoms. The Morgan fingerprint density at radius 2 is 1.81 bits per heavy atom. The topological polar surface area (TPSA) is 29.3 Å². The van der Waals surface area contributed by atoms with Crippen LogP contribution in [0.15, 0.2) is 54.6 Å². The van der Waals surface area contributed by atoms with E-state index >= 15 is 0 Å². The van der Waals surface area contributed by atoms with E-state index in [0.29, 0.717) is 6.54 Å². The van der Waals surface area contributed by atoms with Gasteiger partial charge in [0.25, 0.3) is 0 Å². The predicted octanol–water partition coefficient (Wildman–Crippen LogP) is 4.30. The largest absolute Gasteiger partial charge is 0.363 e. The zero-order valence-corrected chi connectivity index (χ0v) is 13.1. The van der Waals surface area contributed by atoms with Gasteiger partial charge in [-0.2, -0.15) is 0 Å². The van der Waals surface area contributed by atoms with Crippen LogP contribution in [-0.4, -0.2) is 13.1 Å². The molecule has 112 valence electrons. The number of unbranched alkanes of at least 4 members (excludes halogenated alkanes) is 1. The van der Waals surface area contributed by atoms with Gasteiger partial charge in [0, 0.05) is 18.8 Å². The molecule has 0 saturated heterocycles. The molecule has 0 aliphatic carbocycles. The van der Waals surface area contributed by atoms with E-state index in [2.05, 4.69) is 73.3 Å². The molecule has 0 amide bonds. The lowest BCUT2D eigenvalue weighted by Gasteiger charge is -2.33. The first-order chi connectivity index (χ1) is 10.3. The van der Waals surface area contributed by atoms with Gasteiger partial charge in [-0.3, -0.25) is 0 Å². The maximum atomic E-state index is 6.12. The number of nitrogens with two attached hydrogens (primary N) is 1. The second-order valence-electron chi connectivity index (χ2n) is 5.55. The Balaban J connectivity index is 2.33. The predicted molar refractivity (Wildman–Crippen MR) is 91.7 cm³/mol. The standard InChI is InChI=1S/C19H26N2/c1-3-4-13-21(18-11-6-5-7-12-18)19(15-20)17-10-8-9-16(2)14-17/h5-12,14,19H,3-4,13,15,20H2,1-2H3. The van der Waals surface area contributed by atoms with Gasteiger partial charge in [-0.25, -0.2) is 0 Å². The van der Waals surface area contributed by atoms with E-state index in [9.17, 15) is 0 Å². The van der Waals surface area contributed by atoms with E-state index in [1.54, 1.807) is 0 Å². The van der Waals surface area contributed by atoms with Crippen molar-refractivity contribution >= 4 is 5.69 Å². The Hall–Kier alpha value is -1.80. The molecule has 2 aromatic carbocycles. The van der Waals surface area contributed by atoms with Crippen molar-refractivity contribution in [2.24, 2.45) is 5.73 Å². The van der Waals surface area contributed by atoms with Gasteiger partial charge < -0.3 is 10.6 Å². The zero-order chi connectivity index (χ0) is 15.1. The Kier molecular flexibility index (Phi) is 5.82. The maximum absolute atomic E-state index is 6.12. The molecule has 0 saturated carbocycles. The number of hydrogen-bond acceptors (Lipinski definition) is 2. The highest BCUT2D eigenvalue weighted by molar-refractivity contribution is 5.49. The molecule has 0 heterocycles. The van der Waals surface area contributed by atoms with Gasteiger partial charge in [0.2, 0.25) is 0 Å². The van der Waals surface area contributed by atoms with Gasteiger partial charge in [0.05, 0.1) is 6.04 Å². The maximum Gasteiger partial charge on any atom is 0.0664 e. The number of aryl methyl sites for hydroxylation is 1. The number of para-hydroxylation sites is 1. The summed E-state index contributed by atoms with van der Waals surface area (Å²) >= 11 is 0. The normalized spacial score (nSPS) is 12.1. The SMILES string of the molecule is CCCCN(c1ccccc1)C(CN)c1cccc(C)c1. The van der Waals surface area contributed by atoms with Crippen molar-refractivity contribution in [2.45, 2.75) is 32.7 Å². The van der Waals surface area contributed by atoms with Crippen molar-refractivity contribution in [2.75, 3.05) is 18.0 Å². The minimum absolute atomic E-state index is 0.235. The molecule has 2 rings (SSSR count). The lowest BCUT2D eigenvalue weighted by atomic mass is 10.0. The Morgan fingerprint density at radius 1 is 1.05 bits per heavy atom. The lowest BCUT2D eigenvalue weighted by molar-refractivity contribution is 0.604. The van der Waals surface area contributed by atoms with Crippen LogP contribution in [-0.2, 0) is 0 Å². The third kappa shape index (κ3) is 4.08. The van der Waals surface area contributed by atoms with E-state index in [1.807, 2.05) is 0 Å². The molecule has 0 bridgehead atoms. The van der Waals surface area contributed by atoms with Crippen molar-refractivity contribution in [3.8, 4) is 0 Å². The quantitative estimate of drug-likeness (QED) is 0.820. The second kappa shape index (κ2) is 7.84. The van der Waals surface area contributed by atoms with E-state index in [1.165, 1.54) is 29.7 Å². The van der Waals surface area contributed by atoms with Crippen molar-refractivity contribution in [1.29, 1.82) is 0 Å². The first-order valence-electron chi connectivity index (χ1n) is 7.84. The number of benzene rings is 2. The van der Waals surface area contributed by atoms with Crippen LogP contribution >= 0.6 is 0 Å². The molecule has 0 radical (unpaired) electrons. The third-order valence-electron chi connectivity index (χ3n) is 3.87. The van der Waals surface area contributed by atoms with E-state index in [4.69, 9.17) is 5.73 Å². The van der Waals surface area contributed by atoms with Gasteiger partial charge in [-0.1, -0.05) is 61.4 Å². The fourth-order valence-corrected chi connectivity index (χ4v) is 2.73. The number of anilines is 1. The highest BCUT2D eigenvalue weighted by atomic mass is 15.2. The van der Waals surface area contributed by atoms with Crippen LogP contribution < -0.4 is 10.6 Å². The first-order valence-corrected chi connectivity index (χ1v) is 7.84. The van der Waals surface area contributed by atoms with Gasteiger partial charge in [-0.15, -0.1) is 0 Å². The van der Waals surface area contributed by atoms with Gasteiger partial charge >= 0.3 is 0 Å². The molecule has 2 aromatic rings. The average Bonchev–Trinajstić information content (AvgIpc) is 2.52. The van der Waals surface area contributed by atoms with Crippen LogP contribution in [0.25, 0.3) is 0 Å². The number of hydrogen-bond donors (Lipinski definition) is 1. The van der Waals surface area contributed by atoms with Crippen molar-refractivity contribution < 1.29 is 0 Å². The minimum Gasteiger partial charge on any atom is -0.363 e. The van der Waals surface area contributed by atoms with E-state index in [-0.39, 0.29) is 6.04 Å². The summed E-state index contributed by atoms with van der Waals surface area (Å²) in [7, 11) is 0. The Labute approximate surface area is 128 Å². The lowest BCUT2D eigenvalue weighted by Crippen LogP contribution is -2.34. The van der Waals surface area contributed by atoms with Crippen LogP contribution in [0, 0.1) is 6.92 Å². The highest BCUT2D eigenvalue weighted by Gasteiger charge is 2.19. The summed E-state index contributed by atoms with van der Waals surface area (Å²) in [4.78, 5) is 2.44. The van der Waals surface area contributed by atoms with Crippen LogP contribution in [0.1, 0.15) is 36.9 Å². The van der Waals surface area contributed by atoms with Gasteiger partial charge in [0.1, 0.15) is 0 Å². The number of rotatable bonds is 7. The van der Waals surface area contributed by atoms with Crippen LogP contribution in [0.4, 0.5) is 5.69 Å². The Morgan fingerprint density at radius 3 is 2.43 bits per heavy atom. The fourth-order valence-electron chi connectivity index (χ4n) is 2.73. The van der Waals surface area contributed by atoms with Crippen molar-refractivity contribution in [3.63, 3.8) is 0 Å². The van der Waals surface area contributed by atoms with E-state index < -0.39 is 0 Å². The van der Waals surface area contributed by atoms with Gasteiger partial charge in [-0.05, 0) is 31.0 Å². The third-order valence-corrected chi connectivity index (χ3v) is 3.87.